The first-order valence-corrected chi connectivity index (χ1v) is 10.1. The smallest absolute Gasteiger partial charge is 0.261 e. The van der Waals surface area contributed by atoms with E-state index in [1.807, 2.05) is 13.0 Å². The number of rotatable bonds is 5. The lowest BCUT2D eigenvalue weighted by atomic mass is 10.2. The summed E-state index contributed by atoms with van der Waals surface area (Å²) >= 11 is 0. The first kappa shape index (κ1) is 17.3. The molecule has 1 N–H and O–H groups in total. The third kappa shape index (κ3) is 4.23. The summed E-state index contributed by atoms with van der Waals surface area (Å²) in [6, 6.07) is 12.7. The number of anilines is 2. The second-order valence-corrected chi connectivity index (χ2v) is 8.90. The number of hydrogen-bond donors (Lipinski definition) is 1. The van der Waals surface area contributed by atoms with Crippen molar-refractivity contribution in [2.45, 2.75) is 11.8 Å². The summed E-state index contributed by atoms with van der Waals surface area (Å²) in [5.74, 6) is 0. The van der Waals surface area contributed by atoms with Gasteiger partial charge in [-0.25, -0.2) is 16.8 Å². The van der Waals surface area contributed by atoms with Gasteiger partial charge < -0.3 is 0 Å². The molecule has 0 aliphatic carbocycles. The maximum atomic E-state index is 12.3. The van der Waals surface area contributed by atoms with Gasteiger partial charge in [0.25, 0.3) is 10.0 Å². The highest BCUT2D eigenvalue weighted by Gasteiger charge is 2.15. The Morgan fingerprint density at radius 2 is 1.57 bits per heavy atom. The molecule has 0 aliphatic rings. The molecule has 2 rings (SSSR count). The van der Waals surface area contributed by atoms with Crippen LogP contribution in [0.25, 0.3) is 0 Å². The van der Waals surface area contributed by atoms with Crippen molar-refractivity contribution >= 4 is 31.4 Å². The van der Waals surface area contributed by atoms with E-state index in [-0.39, 0.29) is 4.90 Å². The van der Waals surface area contributed by atoms with E-state index in [9.17, 15) is 16.8 Å². The topological polar surface area (TPSA) is 83.6 Å². The summed E-state index contributed by atoms with van der Waals surface area (Å²) in [5, 5.41) is 0. The second-order valence-electron chi connectivity index (χ2n) is 5.20. The Morgan fingerprint density at radius 3 is 2.09 bits per heavy atom. The Morgan fingerprint density at radius 1 is 0.957 bits per heavy atom. The lowest BCUT2D eigenvalue weighted by Crippen LogP contribution is -2.24. The molecule has 2 aromatic rings. The monoisotopic (exact) mass is 354 g/mol. The number of aryl methyl sites for hydroxylation is 1. The van der Waals surface area contributed by atoms with Crippen molar-refractivity contribution in [3.63, 3.8) is 0 Å². The van der Waals surface area contributed by atoms with Crippen LogP contribution >= 0.6 is 0 Å². The van der Waals surface area contributed by atoms with Crippen LogP contribution in [0.3, 0.4) is 0 Å². The SMILES string of the molecule is Cc1cccc(S(=O)(=O)Nc2ccc(N(C)S(C)(=O)=O)cc2)c1. The third-order valence-corrected chi connectivity index (χ3v) is 5.87. The lowest BCUT2D eigenvalue weighted by molar-refractivity contribution is 0.598. The van der Waals surface area contributed by atoms with Gasteiger partial charge in [-0.2, -0.15) is 0 Å². The molecule has 2 aromatic carbocycles. The predicted molar refractivity (Wildman–Crippen MR) is 91.7 cm³/mol. The van der Waals surface area contributed by atoms with Crippen LogP contribution in [0.2, 0.25) is 0 Å². The summed E-state index contributed by atoms with van der Waals surface area (Å²) in [5.41, 5.74) is 1.65. The average Bonchev–Trinajstić information content (AvgIpc) is 2.46. The molecule has 0 amide bonds. The van der Waals surface area contributed by atoms with Gasteiger partial charge in [0.2, 0.25) is 10.0 Å². The highest BCUT2D eigenvalue weighted by molar-refractivity contribution is 7.92. The van der Waals surface area contributed by atoms with Crippen LogP contribution in [-0.2, 0) is 20.0 Å². The van der Waals surface area contributed by atoms with E-state index < -0.39 is 20.0 Å². The molecular formula is C15H18N2O4S2. The standard InChI is InChI=1S/C15H18N2O4S2/c1-12-5-4-6-15(11-12)23(20,21)16-13-7-9-14(10-8-13)17(2)22(3,18)19/h4-11,16H,1-3H3. The van der Waals surface area contributed by atoms with Gasteiger partial charge in [0.15, 0.2) is 0 Å². The molecule has 0 aromatic heterocycles. The van der Waals surface area contributed by atoms with E-state index in [2.05, 4.69) is 4.72 Å². The minimum Gasteiger partial charge on any atom is -0.280 e. The van der Waals surface area contributed by atoms with Gasteiger partial charge >= 0.3 is 0 Å². The molecule has 0 saturated heterocycles. The van der Waals surface area contributed by atoms with E-state index in [1.54, 1.807) is 12.1 Å². The fourth-order valence-electron chi connectivity index (χ4n) is 1.93. The highest BCUT2D eigenvalue weighted by atomic mass is 32.2. The number of nitrogens with one attached hydrogen (secondary N) is 1. The Labute approximate surface area is 136 Å². The Balaban J connectivity index is 2.24. The first-order valence-electron chi connectivity index (χ1n) is 6.73. The van der Waals surface area contributed by atoms with Gasteiger partial charge in [0.1, 0.15) is 0 Å². The third-order valence-electron chi connectivity index (χ3n) is 3.28. The van der Waals surface area contributed by atoms with E-state index >= 15 is 0 Å². The molecule has 0 unspecified atom stereocenters. The quantitative estimate of drug-likeness (QED) is 0.892. The second kappa shape index (κ2) is 6.21. The van der Waals surface area contributed by atoms with Crippen LogP contribution in [0.4, 0.5) is 11.4 Å². The van der Waals surface area contributed by atoms with Crippen LogP contribution in [-0.4, -0.2) is 30.1 Å². The normalized spacial score (nSPS) is 12.0. The first-order chi connectivity index (χ1) is 10.6. The van der Waals surface area contributed by atoms with Crippen LogP contribution in [0.15, 0.2) is 53.4 Å². The summed E-state index contributed by atoms with van der Waals surface area (Å²) in [4.78, 5) is 0.176. The van der Waals surface area contributed by atoms with Crippen LogP contribution in [0, 0.1) is 6.92 Å². The molecule has 0 aliphatic heterocycles. The molecule has 0 radical (unpaired) electrons. The molecule has 0 bridgehead atoms. The van der Waals surface area contributed by atoms with Gasteiger partial charge in [0.05, 0.1) is 16.8 Å². The minimum atomic E-state index is -3.68. The van der Waals surface area contributed by atoms with Gasteiger partial charge in [-0.15, -0.1) is 0 Å². The maximum Gasteiger partial charge on any atom is 0.261 e. The van der Waals surface area contributed by atoms with E-state index in [0.29, 0.717) is 11.4 Å². The fraction of sp³-hybridized carbons (Fsp3) is 0.200. The summed E-state index contributed by atoms with van der Waals surface area (Å²) in [6.07, 6.45) is 1.10. The molecule has 0 saturated carbocycles. The number of benzene rings is 2. The van der Waals surface area contributed by atoms with E-state index in [0.717, 1.165) is 16.1 Å². The predicted octanol–water partition coefficient (Wildman–Crippen LogP) is 2.19. The average molecular weight is 354 g/mol. The summed E-state index contributed by atoms with van der Waals surface area (Å²) in [7, 11) is -5.60. The van der Waals surface area contributed by atoms with Gasteiger partial charge in [-0.3, -0.25) is 9.03 Å². The van der Waals surface area contributed by atoms with Crippen molar-refractivity contribution in [2.75, 3.05) is 22.3 Å². The van der Waals surface area contributed by atoms with Crippen LogP contribution in [0.1, 0.15) is 5.56 Å². The Hall–Kier alpha value is -2.06. The summed E-state index contributed by atoms with van der Waals surface area (Å²) in [6.45, 7) is 1.81. The zero-order valence-corrected chi connectivity index (χ0v) is 14.6. The van der Waals surface area contributed by atoms with E-state index in [4.69, 9.17) is 0 Å². The maximum absolute atomic E-state index is 12.3. The Bertz CT molecular complexity index is 905. The molecule has 0 atom stereocenters. The summed E-state index contributed by atoms with van der Waals surface area (Å²) < 4.78 is 51.2. The molecule has 0 heterocycles. The minimum absolute atomic E-state index is 0.176. The molecule has 124 valence electrons. The molecule has 0 fully saturated rings. The van der Waals surface area contributed by atoms with E-state index in [1.165, 1.54) is 37.4 Å². The number of nitrogens with zero attached hydrogens (tertiary/aromatic N) is 1. The van der Waals surface area contributed by atoms with Crippen molar-refractivity contribution in [3.8, 4) is 0 Å². The van der Waals surface area contributed by atoms with Gasteiger partial charge in [-0.05, 0) is 48.9 Å². The lowest BCUT2D eigenvalue weighted by Gasteiger charge is -2.17. The zero-order chi connectivity index (χ0) is 17.3. The largest absolute Gasteiger partial charge is 0.280 e. The Kier molecular flexibility index (Phi) is 4.67. The zero-order valence-electron chi connectivity index (χ0n) is 13.0. The van der Waals surface area contributed by atoms with Crippen molar-refractivity contribution in [1.82, 2.24) is 0 Å². The number of hydrogen-bond acceptors (Lipinski definition) is 4. The molecular weight excluding hydrogens is 336 g/mol. The fourth-order valence-corrected chi connectivity index (χ4v) is 3.60. The van der Waals surface area contributed by atoms with Crippen molar-refractivity contribution < 1.29 is 16.8 Å². The molecule has 23 heavy (non-hydrogen) atoms. The van der Waals surface area contributed by atoms with Crippen molar-refractivity contribution in [2.24, 2.45) is 0 Å². The van der Waals surface area contributed by atoms with Crippen molar-refractivity contribution in [3.05, 3.63) is 54.1 Å². The number of sulfonamides is 2. The van der Waals surface area contributed by atoms with Crippen LogP contribution in [0.5, 0.6) is 0 Å². The molecule has 6 nitrogen and oxygen atoms in total. The van der Waals surface area contributed by atoms with Gasteiger partial charge in [0, 0.05) is 12.7 Å². The van der Waals surface area contributed by atoms with Gasteiger partial charge in [-0.1, -0.05) is 12.1 Å². The highest BCUT2D eigenvalue weighted by Crippen LogP contribution is 2.21. The van der Waals surface area contributed by atoms with Crippen molar-refractivity contribution in [1.29, 1.82) is 0 Å². The van der Waals surface area contributed by atoms with Crippen LogP contribution < -0.4 is 9.03 Å². The molecule has 0 spiro atoms. The molecule has 8 heteroatoms.